The summed E-state index contributed by atoms with van der Waals surface area (Å²) in [4.78, 5) is 32.0. The number of benzene rings is 2. The van der Waals surface area contributed by atoms with Crippen LogP contribution < -0.4 is 5.69 Å². The maximum absolute atomic E-state index is 12.6. The van der Waals surface area contributed by atoms with Crippen LogP contribution in [0.2, 0.25) is 0 Å². The Balaban J connectivity index is 1.56. The molecule has 0 aliphatic carbocycles. The minimum absolute atomic E-state index is 0.360. The number of hydrogen-bond donors (Lipinski definition) is 2. The molecule has 0 bridgehead atoms. The molecule has 0 fully saturated rings. The molecule has 148 valence electrons. The standard InChI is InChI=1S/C21H16N6OS2/c28-21-25-18-17-19(26(12-24-17)9-13-1-5-15(29)6-2-13)22-11-23-20(18)27(21)10-14-3-7-16(30)8-4-14/h1-8,11-12,29-30H,9-10H2. The van der Waals surface area contributed by atoms with Crippen molar-refractivity contribution in [1.82, 2.24) is 29.1 Å². The highest BCUT2D eigenvalue weighted by molar-refractivity contribution is 7.80. The molecule has 2 aromatic carbocycles. The molecule has 9 heteroatoms. The second-order valence-corrected chi connectivity index (χ2v) is 7.94. The first kappa shape index (κ1) is 18.8. The summed E-state index contributed by atoms with van der Waals surface area (Å²) in [5.74, 6) is 0.460. The Hall–Kier alpha value is -3.17. The highest BCUT2D eigenvalue weighted by Gasteiger charge is 2.21. The number of nitrogens with zero attached hydrogens (tertiary/aromatic N) is 6. The topological polar surface area (TPSA) is 78.5 Å². The summed E-state index contributed by atoms with van der Waals surface area (Å²) in [5.41, 5.74) is 3.31. The number of fused-ring (bicyclic) bond motifs is 3. The van der Waals surface area contributed by atoms with Gasteiger partial charge in [-0.3, -0.25) is 4.57 Å². The minimum atomic E-state index is -0.362. The van der Waals surface area contributed by atoms with E-state index in [0.29, 0.717) is 35.8 Å². The molecule has 0 saturated carbocycles. The van der Waals surface area contributed by atoms with Crippen LogP contribution >= 0.6 is 25.3 Å². The lowest BCUT2D eigenvalue weighted by molar-refractivity contribution is 0.757. The van der Waals surface area contributed by atoms with Crippen LogP contribution in [0.5, 0.6) is 0 Å². The number of imidazole rings is 2. The van der Waals surface area contributed by atoms with Gasteiger partial charge in [0.2, 0.25) is 0 Å². The van der Waals surface area contributed by atoms with Crippen LogP contribution in [0.15, 0.2) is 75.8 Å². The van der Waals surface area contributed by atoms with Gasteiger partial charge in [0.25, 0.3) is 0 Å². The van der Waals surface area contributed by atoms with Crippen molar-refractivity contribution in [2.45, 2.75) is 22.9 Å². The van der Waals surface area contributed by atoms with Gasteiger partial charge in [-0.1, -0.05) is 24.3 Å². The number of hydrogen-bond acceptors (Lipinski definition) is 7. The summed E-state index contributed by atoms with van der Waals surface area (Å²) >= 11 is 8.63. The molecular formula is C21H16N6OS2. The Morgan fingerprint density at radius 2 is 1.43 bits per heavy atom. The van der Waals surface area contributed by atoms with Gasteiger partial charge in [0.1, 0.15) is 17.5 Å². The Morgan fingerprint density at radius 1 is 0.800 bits per heavy atom. The van der Waals surface area contributed by atoms with Crippen LogP contribution in [-0.2, 0) is 13.1 Å². The van der Waals surface area contributed by atoms with Crippen molar-refractivity contribution in [3.05, 3.63) is 82.8 Å². The van der Waals surface area contributed by atoms with Gasteiger partial charge in [0.05, 0.1) is 19.4 Å². The predicted molar refractivity (Wildman–Crippen MR) is 120 cm³/mol. The van der Waals surface area contributed by atoms with Crippen LogP contribution in [0.25, 0.3) is 22.7 Å². The molecule has 1 aromatic heterocycles. The van der Waals surface area contributed by atoms with E-state index in [1.165, 1.54) is 10.9 Å². The fraction of sp³-hybridized carbons (Fsp3) is 0.0952. The molecule has 0 amide bonds. The molecule has 0 atom stereocenters. The van der Waals surface area contributed by atoms with Crippen LogP contribution in [0.4, 0.5) is 0 Å². The third kappa shape index (κ3) is 3.46. The molecule has 0 saturated heterocycles. The molecule has 0 N–H and O–H groups in total. The largest absolute Gasteiger partial charge is 0.350 e. The van der Waals surface area contributed by atoms with Crippen molar-refractivity contribution < 1.29 is 0 Å². The van der Waals surface area contributed by atoms with Gasteiger partial charge in [0, 0.05) is 9.79 Å². The molecular weight excluding hydrogens is 416 g/mol. The summed E-state index contributed by atoms with van der Waals surface area (Å²) in [7, 11) is 0. The van der Waals surface area contributed by atoms with Gasteiger partial charge in [-0.2, -0.15) is 4.98 Å². The van der Waals surface area contributed by atoms with E-state index in [-0.39, 0.29) is 5.69 Å². The Labute approximate surface area is 182 Å². The third-order valence-electron chi connectivity index (χ3n) is 4.87. The maximum Gasteiger partial charge on any atom is 0.350 e. The van der Waals surface area contributed by atoms with Gasteiger partial charge in [-0.25, -0.2) is 19.7 Å². The first-order chi connectivity index (χ1) is 14.6. The van der Waals surface area contributed by atoms with Crippen LogP contribution in [0, 0.1) is 0 Å². The number of thiol groups is 2. The van der Waals surface area contributed by atoms with Gasteiger partial charge in [-0.15, -0.1) is 25.3 Å². The van der Waals surface area contributed by atoms with E-state index in [4.69, 9.17) is 0 Å². The Bertz CT molecular complexity index is 1380. The molecule has 0 radical (unpaired) electrons. The van der Waals surface area contributed by atoms with Crippen molar-refractivity contribution in [2.75, 3.05) is 0 Å². The summed E-state index contributed by atoms with van der Waals surface area (Å²) in [6, 6.07) is 15.5. The van der Waals surface area contributed by atoms with Crippen molar-refractivity contribution in [1.29, 1.82) is 0 Å². The zero-order chi connectivity index (χ0) is 20.7. The van der Waals surface area contributed by atoms with Gasteiger partial charge in [0.15, 0.2) is 11.5 Å². The zero-order valence-electron chi connectivity index (χ0n) is 15.7. The Kier molecular flexibility index (Phi) is 4.76. The highest BCUT2D eigenvalue weighted by Crippen LogP contribution is 2.24. The minimum Gasteiger partial charge on any atom is -0.311 e. The lowest BCUT2D eigenvalue weighted by atomic mass is 10.2. The zero-order valence-corrected chi connectivity index (χ0v) is 17.5. The number of aromatic nitrogens is 6. The van der Waals surface area contributed by atoms with Crippen LogP contribution in [0.3, 0.4) is 0 Å². The third-order valence-corrected chi connectivity index (χ3v) is 5.46. The van der Waals surface area contributed by atoms with E-state index < -0.39 is 0 Å². The maximum atomic E-state index is 12.6. The first-order valence-corrected chi connectivity index (χ1v) is 10.1. The molecule has 7 nitrogen and oxygen atoms in total. The Morgan fingerprint density at radius 3 is 2.10 bits per heavy atom. The summed E-state index contributed by atoms with van der Waals surface area (Å²) < 4.78 is 3.45. The predicted octanol–water partition coefficient (Wildman–Crippen LogP) is 3.16. The fourth-order valence-corrected chi connectivity index (χ4v) is 3.67. The molecule has 30 heavy (non-hydrogen) atoms. The van der Waals surface area contributed by atoms with E-state index >= 15 is 0 Å². The van der Waals surface area contributed by atoms with Crippen molar-refractivity contribution in [3.63, 3.8) is 0 Å². The van der Waals surface area contributed by atoms with Crippen molar-refractivity contribution in [3.8, 4) is 11.5 Å². The van der Waals surface area contributed by atoms with Gasteiger partial charge < -0.3 is 4.57 Å². The van der Waals surface area contributed by atoms with Gasteiger partial charge in [-0.05, 0) is 35.4 Å². The van der Waals surface area contributed by atoms with Crippen molar-refractivity contribution in [2.24, 2.45) is 0 Å². The quantitative estimate of drug-likeness (QED) is 0.427. The molecule has 3 aromatic rings. The lowest BCUT2D eigenvalue weighted by Gasteiger charge is -2.04. The second-order valence-electron chi connectivity index (χ2n) is 6.90. The average Bonchev–Trinajstić information content (AvgIpc) is 3.21. The number of rotatable bonds is 4. The molecule has 2 aliphatic heterocycles. The first-order valence-electron chi connectivity index (χ1n) is 9.21. The summed E-state index contributed by atoms with van der Waals surface area (Å²) in [5, 5.41) is 0. The van der Waals surface area contributed by atoms with E-state index in [1.807, 2.05) is 53.1 Å². The summed E-state index contributed by atoms with van der Waals surface area (Å²) in [6.07, 6.45) is 3.16. The molecule has 5 rings (SSSR count). The van der Waals surface area contributed by atoms with E-state index in [9.17, 15) is 4.79 Å². The molecule has 0 spiro atoms. The van der Waals surface area contributed by atoms with Crippen molar-refractivity contribution >= 4 is 36.4 Å². The normalized spacial score (nSPS) is 11.4. The smallest absolute Gasteiger partial charge is 0.311 e. The van der Waals surface area contributed by atoms with Crippen LogP contribution in [0.1, 0.15) is 11.1 Å². The monoisotopic (exact) mass is 432 g/mol. The van der Waals surface area contributed by atoms with E-state index in [0.717, 1.165) is 20.9 Å². The van der Waals surface area contributed by atoms with Gasteiger partial charge >= 0.3 is 5.69 Å². The summed E-state index contributed by atoms with van der Waals surface area (Å²) in [6.45, 7) is 0.947. The van der Waals surface area contributed by atoms with Crippen LogP contribution in [-0.4, -0.2) is 29.1 Å². The SMILES string of the molecule is O=c1nc2c3ncn(Cc4ccc(S)cc4)c3ncnc-2n1Cc1ccc(S)cc1. The molecule has 0 unspecified atom stereocenters. The fourth-order valence-electron chi connectivity index (χ4n) is 3.37. The molecule has 3 heterocycles. The second kappa shape index (κ2) is 7.58. The highest BCUT2D eigenvalue weighted by atomic mass is 32.1. The lowest BCUT2D eigenvalue weighted by Crippen LogP contribution is -2.17. The molecule has 2 aliphatic rings. The average molecular weight is 433 g/mol. The van der Waals surface area contributed by atoms with E-state index in [1.54, 1.807) is 6.33 Å². The van der Waals surface area contributed by atoms with E-state index in [2.05, 4.69) is 45.2 Å².